The lowest BCUT2D eigenvalue weighted by Crippen LogP contribution is -2.29. The number of nitro groups is 1. The molecule has 0 spiro atoms. The molecule has 0 saturated carbocycles. The summed E-state index contributed by atoms with van der Waals surface area (Å²) in [6.45, 7) is 5.61. The smallest absolute Gasteiger partial charge is 0.269 e. The van der Waals surface area contributed by atoms with Crippen molar-refractivity contribution in [3.63, 3.8) is 0 Å². The Morgan fingerprint density at radius 1 is 1.26 bits per heavy atom. The first-order valence-electron chi connectivity index (χ1n) is 8.15. The Morgan fingerprint density at radius 2 is 1.93 bits per heavy atom. The maximum absolute atomic E-state index is 12.6. The van der Waals surface area contributed by atoms with Gasteiger partial charge in [0, 0.05) is 17.8 Å². The van der Waals surface area contributed by atoms with Crippen LogP contribution in [-0.2, 0) is 16.9 Å². The van der Waals surface area contributed by atoms with Crippen molar-refractivity contribution in [2.75, 3.05) is 5.32 Å². The number of anilines is 1. The van der Waals surface area contributed by atoms with E-state index in [2.05, 4.69) is 15.4 Å². The van der Waals surface area contributed by atoms with Crippen LogP contribution in [0.1, 0.15) is 20.8 Å². The molecular weight excluding hydrogens is 352 g/mol. The summed E-state index contributed by atoms with van der Waals surface area (Å²) >= 11 is 0. The molecule has 10 heteroatoms. The van der Waals surface area contributed by atoms with Crippen LogP contribution in [0.25, 0.3) is 11.0 Å². The average molecular weight is 370 g/mol. The predicted molar refractivity (Wildman–Crippen MR) is 98.5 cm³/mol. The number of amides is 1. The van der Waals surface area contributed by atoms with Gasteiger partial charge in [-0.05, 0) is 32.9 Å². The minimum Gasteiger partial charge on any atom is -0.325 e. The van der Waals surface area contributed by atoms with E-state index in [9.17, 15) is 19.7 Å². The summed E-state index contributed by atoms with van der Waals surface area (Å²) in [5.41, 5.74) is 0.0811. The van der Waals surface area contributed by atoms with E-state index in [4.69, 9.17) is 0 Å². The summed E-state index contributed by atoms with van der Waals surface area (Å²) in [5.74, 6) is -0.449. The lowest BCUT2D eigenvalue weighted by molar-refractivity contribution is -0.384. The Bertz CT molecular complexity index is 1080. The van der Waals surface area contributed by atoms with Crippen LogP contribution >= 0.6 is 0 Å². The second-order valence-corrected chi connectivity index (χ2v) is 6.99. The number of carbonyl (C=O) groups excluding carboxylic acids is 1. The van der Waals surface area contributed by atoms with Gasteiger partial charge in [-0.15, -0.1) is 0 Å². The Labute approximate surface area is 153 Å². The standard InChI is InChI=1S/C17H18N6O4/c1-17(2,3)22-15-13(8-19-22)16(25)21(10-18-15)9-14(24)20-11-4-6-12(7-5-11)23(26)27/h4-8,10H,9H2,1-3H3,(H,20,24). The highest BCUT2D eigenvalue weighted by atomic mass is 16.6. The molecule has 0 saturated heterocycles. The molecule has 2 heterocycles. The van der Waals surface area contributed by atoms with Crippen LogP contribution in [0.15, 0.2) is 41.6 Å². The van der Waals surface area contributed by atoms with Crippen LogP contribution in [0.4, 0.5) is 11.4 Å². The van der Waals surface area contributed by atoms with Gasteiger partial charge in [-0.2, -0.15) is 5.10 Å². The van der Waals surface area contributed by atoms with Crippen molar-refractivity contribution < 1.29 is 9.72 Å². The van der Waals surface area contributed by atoms with E-state index in [1.165, 1.54) is 41.4 Å². The Morgan fingerprint density at radius 3 is 2.52 bits per heavy atom. The number of non-ortho nitro benzene ring substituents is 1. The first-order valence-corrected chi connectivity index (χ1v) is 8.15. The summed E-state index contributed by atoms with van der Waals surface area (Å²) in [6.07, 6.45) is 2.75. The molecule has 0 radical (unpaired) electrons. The van der Waals surface area contributed by atoms with Gasteiger partial charge in [-0.25, -0.2) is 9.67 Å². The molecule has 1 aromatic carbocycles. The minimum atomic E-state index is -0.524. The molecular formula is C17H18N6O4. The molecule has 0 bridgehead atoms. The Hall–Kier alpha value is -3.56. The molecule has 0 aliphatic rings. The van der Waals surface area contributed by atoms with Gasteiger partial charge in [0.05, 0.1) is 16.7 Å². The number of nitrogens with one attached hydrogen (secondary N) is 1. The highest BCUT2D eigenvalue weighted by Gasteiger charge is 2.20. The van der Waals surface area contributed by atoms with Crippen molar-refractivity contribution >= 4 is 28.3 Å². The van der Waals surface area contributed by atoms with E-state index in [0.717, 1.165) is 0 Å². The zero-order chi connectivity index (χ0) is 19.8. The molecule has 3 aromatic rings. The molecule has 0 unspecified atom stereocenters. The third-order valence-electron chi connectivity index (χ3n) is 3.87. The van der Waals surface area contributed by atoms with E-state index < -0.39 is 10.8 Å². The third kappa shape index (κ3) is 3.68. The van der Waals surface area contributed by atoms with E-state index in [-0.39, 0.29) is 23.3 Å². The molecule has 1 N–H and O–H groups in total. The first-order chi connectivity index (χ1) is 12.7. The SMILES string of the molecule is CC(C)(C)n1ncc2c(=O)n(CC(=O)Nc3ccc([N+](=O)[O-])cc3)cnc21. The van der Waals surface area contributed by atoms with Gasteiger partial charge < -0.3 is 5.32 Å². The number of aromatic nitrogens is 4. The molecule has 1 amide bonds. The lowest BCUT2D eigenvalue weighted by Gasteiger charge is -2.19. The molecule has 2 aromatic heterocycles. The van der Waals surface area contributed by atoms with Crippen molar-refractivity contribution in [1.29, 1.82) is 0 Å². The minimum absolute atomic E-state index is 0.0743. The van der Waals surface area contributed by atoms with Gasteiger partial charge in [0.25, 0.3) is 11.2 Å². The summed E-state index contributed by atoms with van der Waals surface area (Å²) in [7, 11) is 0. The van der Waals surface area contributed by atoms with Gasteiger partial charge >= 0.3 is 0 Å². The van der Waals surface area contributed by atoms with Crippen LogP contribution < -0.4 is 10.9 Å². The topological polar surface area (TPSA) is 125 Å². The number of fused-ring (bicyclic) bond motifs is 1. The second kappa shape index (κ2) is 6.63. The summed E-state index contributed by atoms with van der Waals surface area (Å²) < 4.78 is 2.85. The highest BCUT2D eigenvalue weighted by Crippen LogP contribution is 2.18. The van der Waals surface area contributed by atoms with Crippen LogP contribution in [-0.4, -0.2) is 30.2 Å². The Kier molecular flexibility index (Phi) is 4.48. The normalized spacial score (nSPS) is 11.5. The van der Waals surface area contributed by atoms with Crippen molar-refractivity contribution in [2.45, 2.75) is 32.9 Å². The first kappa shape index (κ1) is 18.2. The number of benzene rings is 1. The second-order valence-electron chi connectivity index (χ2n) is 6.99. The van der Waals surface area contributed by atoms with E-state index >= 15 is 0 Å². The number of hydrogen-bond donors (Lipinski definition) is 1. The van der Waals surface area contributed by atoms with E-state index in [1.54, 1.807) is 4.68 Å². The molecule has 0 atom stereocenters. The molecule has 3 rings (SSSR count). The van der Waals surface area contributed by atoms with Gasteiger partial charge in [0.2, 0.25) is 5.91 Å². The number of nitrogens with zero attached hydrogens (tertiary/aromatic N) is 5. The van der Waals surface area contributed by atoms with Gasteiger partial charge in [0.1, 0.15) is 18.3 Å². The number of nitro benzene ring substituents is 1. The average Bonchev–Trinajstić information content (AvgIpc) is 3.03. The largest absolute Gasteiger partial charge is 0.325 e. The van der Waals surface area contributed by atoms with Crippen LogP contribution in [0, 0.1) is 10.1 Å². The van der Waals surface area contributed by atoms with Gasteiger partial charge in [-0.3, -0.25) is 24.3 Å². The number of hydrogen-bond acceptors (Lipinski definition) is 6. The molecule has 0 aliphatic carbocycles. The maximum atomic E-state index is 12.6. The van der Waals surface area contributed by atoms with Gasteiger partial charge in [-0.1, -0.05) is 0 Å². The van der Waals surface area contributed by atoms with E-state index in [0.29, 0.717) is 16.7 Å². The van der Waals surface area contributed by atoms with Crippen molar-refractivity contribution in [1.82, 2.24) is 19.3 Å². The summed E-state index contributed by atoms with van der Waals surface area (Å²) in [6, 6.07) is 5.42. The number of rotatable bonds is 4. The van der Waals surface area contributed by atoms with Gasteiger partial charge in [0.15, 0.2) is 5.65 Å². The summed E-state index contributed by atoms with van der Waals surface area (Å²) in [4.78, 5) is 39.2. The van der Waals surface area contributed by atoms with Crippen LogP contribution in [0.3, 0.4) is 0 Å². The number of carbonyl (C=O) groups is 1. The maximum Gasteiger partial charge on any atom is 0.269 e. The summed E-state index contributed by atoms with van der Waals surface area (Å²) in [5, 5.41) is 17.8. The zero-order valence-electron chi connectivity index (χ0n) is 15.0. The van der Waals surface area contributed by atoms with Crippen molar-refractivity contribution in [3.8, 4) is 0 Å². The molecule has 10 nitrogen and oxygen atoms in total. The molecule has 0 fully saturated rings. The third-order valence-corrected chi connectivity index (χ3v) is 3.87. The molecule has 27 heavy (non-hydrogen) atoms. The lowest BCUT2D eigenvalue weighted by atomic mass is 10.1. The zero-order valence-corrected chi connectivity index (χ0v) is 15.0. The fraction of sp³-hybridized carbons (Fsp3) is 0.294. The quantitative estimate of drug-likeness (QED) is 0.552. The van der Waals surface area contributed by atoms with Crippen molar-refractivity contribution in [3.05, 3.63) is 57.3 Å². The van der Waals surface area contributed by atoms with Crippen LogP contribution in [0.2, 0.25) is 0 Å². The predicted octanol–water partition coefficient (Wildman–Crippen LogP) is 1.89. The molecule has 0 aliphatic heterocycles. The van der Waals surface area contributed by atoms with E-state index in [1.807, 2.05) is 20.8 Å². The fourth-order valence-electron chi connectivity index (χ4n) is 2.57. The molecule has 140 valence electrons. The fourth-order valence-corrected chi connectivity index (χ4v) is 2.57. The van der Waals surface area contributed by atoms with Crippen molar-refractivity contribution in [2.24, 2.45) is 0 Å². The Balaban J connectivity index is 1.80. The van der Waals surface area contributed by atoms with Crippen LogP contribution in [0.5, 0.6) is 0 Å². The highest BCUT2D eigenvalue weighted by molar-refractivity contribution is 5.90. The monoisotopic (exact) mass is 370 g/mol.